The molecule has 0 aromatic carbocycles. The summed E-state index contributed by atoms with van der Waals surface area (Å²) in [6.45, 7) is 0. The van der Waals surface area contributed by atoms with E-state index >= 15 is 0 Å². The molecule has 0 unspecified atom stereocenters. The van der Waals surface area contributed by atoms with Gasteiger partial charge in [0, 0.05) is 0 Å². The molecule has 0 atom stereocenters. The molecule has 5 heteroatoms. The van der Waals surface area contributed by atoms with Crippen LogP contribution in [0.2, 0.25) is 0 Å². The fourth-order valence-electron chi connectivity index (χ4n) is 0. The second-order valence-corrected chi connectivity index (χ2v) is 0.293. The van der Waals surface area contributed by atoms with E-state index in [-0.39, 0.29) is 0 Å². The summed E-state index contributed by atoms with van der Waals surface area (Å²) in [5, 5.41) is 9.01. The van der Waals surface area contributed by atoms with E-state index in [1.54, 1.807) is 0 Å². The van der Waals surface area contributed by atoms with Crippen LogP contribution in [0.5, 0.6) is 0 Å². The molecule has 0 aliphatic rings. The molecule has 0 spiro atoms. The van der Waals surface area contributed by atoms with Crippen LogP contribution in [0.25, 0.3) is 0 Å². The molecule has 0 aliphatic carbocycles. The Bertz CT molecular complexity index is 42.2. The number of hydrogen-bond donors (Lipinski definition) is 0. The normalized spacial score (nSPS) is 6.60. The van der Waals surface area contributed by atoms with Crippen LogP contribution in [0.3, 0.4) is 0 Å². The highest BCUT2D eigenvalue weighted by molar-refractivity contribution is 3.84. The van der Waals surface area contributed by atoms with E-state index in [1.807, 2.05) is 5.04 Å². The summed E-state index contributed by atoms with van der Waals surface area (Å²) >= 11 is 0. The van der Waals surface area contributed by atoms with Gasteiger partial charge in [-0.2, -0.15) is 0 Å². The van der Waals surface area contributed by atoms with Gasteiger partial charge >= 0.3 is 5.09 Å². The molecular weight excluding hydrogens is 81.0 g/mol. The highest BCUT2D eigenvalue weighted by Gasteiger charge is 1.83. The van der Waals surface area contributed by atoms with Crippen molar-refractivity contribution in [3.8, 4) is 0 Å². The maximum absolute atomic E-state index is 9.92. The third kappa shape index (κ3) is 3.13. The van der Waals surface area contributed by atoms with Crippen molar-refractivity contribution in [3.63, 3.8) is 0 Å². The summed E-state index contributed by atoms with van der Waals surface area (Å²) in [5.74, 6) is 0. The lowest BCUT2D eigenvalue weighted by molar-refractivity contribution is -0.819. The Kier molecular flexibility index (Phi) is 1.20. The number of halogens is 1. The number of nitrogens with zero attached hydrogens (tertiary/aromatic N) is 1. The molecule has 0 fully saturated rings. The van der Waals surface area contributed by atoms with E-state index in [0.29, 0.717) is 0 Å². The molecule has 0 N–H and O–H groups in total. The second kappa shape index (κ2) is 1.45. The number of rotatable bonds is 1. The first-order valence-electron chi connectivity index (χ1n) is 0.702. The van der Waals surface area contributed by atoms with Gasteiger partial charge in [-0.1, -0.05) is 0 Å². The molecule has 0 amide bonds. The summed E-state index contributed by atoms with van der Waals surface area (Å²) in [7, 11) is 0. The zero-order chi connectivity index (χ0) is 4.28. The molecule has 5 heavy (non-hydrogen) atoms. The third-order valence-corrected chi connectivity index (χ3v) is 0.0563. The Morgan fingerprint density at radius 1 is 2.00 bits per heavy atom. The average molecular weight is 81.0 g/mol. The van der Waals surface area contributed by atoms with Crippen molar-refractivity contribution < 1.29 is 14.7 Å². The van der Waals surface area contributed by atoms with Crippen molar-refractivity contribution in [2.45, 2.75) is 0 Å². The molecule has 0 aliphatic heterocycles. The first kappa shape index (κ1) is 4.13. The van der Waals surface area contributed by atoms with E-state index in [0.717, 1.165) is 0 Å². The van der Waals surface area contributed by atoms with E-state index in [2.05, 4.69) is 0 Å². The zero-order valence-electron chi connectivity index (χ0n) is 2.05. The molecule has 0 rings (SSSR count). The van der Waals surface area contributed by atoms with Gasteiger partial charge in [-0.25, -0.2) is 0 Å². The van der Waals surface area contributed by atoms with Crippen molar-refractivity contribution >= 4 is 0 Å². The molecule has 0 bridgehead atoms. The van der Waals surface area contributed by atoms with E-state index in [1.165, 1.54) is 0 Å². The summed E-state index contributed by atoms with van der Waals surface area (Å²) in [5.41, 5.74) is 0. The lowest BCUT2D eigenvalue weighted by Crippen LogP contribution is -1.86. The van der Waals surface area contributed by atoms with Crippen LogP contribution in [-0.4, -0.2) is 5.09 Å². The first-order valence-corrected chi connectivity index (χ1v) is 0.702. The standard InChI is InChI=1S/FNO3/c1-5-2(3)4. The molecule has 0 heterocycles. The summed E-state index contributed by atoms with van der Waals surface area (Å²) in [6, 6.07) is 0. The van der Waals surface area contributed by atoms with Gasteiger partial charge in [0.1, 0.15) is 0 Å². The minimum Gasteiger partial charge on any atom is -0.107 e. The molecule has 0 aromatic rings. The van der Waals surface area contributed by atoms with Gasteiger partial charge in [-0.3, -0.25) is 0 Å². The van der Waals surface area contributed by atoms with Gasteiger partial charge in [0.15, 0.2) is 0 Å². The topological polar surface area (TPSA) is 52.4 Å². The smallest absolute Gasteiger partial charge is 0.107 e. The van der Waals surface area contributed by atoms with Crippen LogP contribution in [0.4, 0.5) is 4.53 Å². The van der Waals surface area contributed by atoms with Crippen LogP contribution in [-0.2, 0) is 5.04 Å². The fourth-order valence-corrected chi connectivity index (χ4v) is 0. The Labute approximate surface area is 26.2 Å². The van der Waals surface area contributed by atoms with Crippen molar-refractivity contribution in [1.29, 1.82) is 0 Å². The van der Waals surface area contributed by atoms with Gasteiger partial charge in [-0.15, -0.1) is 15.2 Å². The second-order valence-electron chi connectivity index (χ2n) is 0.293. The molecule has 0 radical (unpaired) electrons. The zero-order valence-corrected chi connectivity index (χ0v) is 2.05. The van der Waals surface area contributed by atoms with Crippen molar-refractivity contribution in [2.75, 3.05) is 0 Å². The highest BCUT2D eigenvalue weighted by atomic mass is 19.3. The monoisotopic (exact) mass is 81.0 g/mol. The molecule has 0 saturated carbocycles. The van der Waals surface area contributed by atoms with Gasteiger partial charge in [-0.05, 0) is 4.53 Å². The summed E-state index contributed by atoms with van der Waals surface area (Å²) in [4.78, 5) is 8.58. The molecule has 0 saturated heterocycles. The quantitative estimate of drug-likeness (QED) is 0.331. The van der Waals surface area contributed by atoms with Gasteiger partial charge in [0.05, 0.1) is 0 Å². The van der Waals surface area contributed by atoms with Crippen LogP contribution < -0.4 is 0 Å². The van der Waals surface area contributed by atoms with Crippen molar-refractivity contribution in [3.05, 3.63) is 10.1 Å². The van der Waals surface area contributed by atoms with Crippen molar-refractivity contribution in [2.24, 2.45) is 0 Å². The Balaban J connectivity index is 2.85. The molecule has 4 nitrogen and oxygen atoms in total. The van der Waals surface area contributed by atoms with E-state index in [9.17, 15) is 4.53 Å². The Hall–Kier alpha value is -0.870. The summed E-state index contributed by atoms with van der Waals surface area (Å²) in [6.07, 6.45) is 0. The Morgan fingerprint density at radius 2 is 2.20 bits per heavy atom. The maximum Gasteiger partial charge on any atom is 0.326 e. The van der Waals surface area contributed by atoms with Crippen LogP contribution in [0, 0.1) is 10.1 Å². The average Bonchev–Trinajstić information content (AvgIpc) is 1.38. The molecule has 30 valence electrons. The van der Waals surface area contributed by atoms with Crippen LogP contribution in [0.1, 0.15) is 0 Å². The molecular formula is FNO3. The SMILES string of the molecule is O=[N+]([O-])OF. The first-order chi connectivity index (χ1) is 2.27. The van der Waals surface area contributed by atoms with Gasteiger partial charge < -0.3 is 0 Å². The maximum atomic E-state index is 9.92. The van der Waals surface area contributed by atoms with Crippen molar-refractivity contribution in [1.82, 2.24) is 0 Å². The van der Waals surface area contributed by atoms with Gasteiger partial charge in [0.2, 0.25) is 0 Å². The minimum absolute atomic E-state index is 1.54. The minimum atomic E-state index is -1.54. The predicted octanol–water partition coefficient (Wildman–Crippen LogP) is 0.0792. The predicted molar refractivity (Wildman–Crippen MR) is 9.19 cm³/mol. The van der Waals surface area contributed by atoms with E-state index in [4.69, 9.17) is 10.1 Å². The molecule has 0 aromatic heterocycles. The van der Waals surface area contributed by atoms with Crippen LogP contribution in [0.15, 0.2) is 0 Å². The van der Waals surface area contributed by atoms with Crippen LogP contribution >= 0.6 is 0 Å². The number of hydrogen-bond acceptors (Lipinski definition) is 3. The highest BCUT2D eigenvalue weighted by Crippen LogP contribution is 1.66. The largest absolute Gasteiger partial charge is 0.326 e. The lowest BCUT2D eigenvalue weighted by Gasteiger charge is -1.67. The fraction of sp³-hybridized carbons (Fsp3) is 0. The Morgan fingerprint density at radius 3 is 2.20 bits per heavy atom. The lowest BCUT2D eigenvalue weighted by atomic mass is 13.1. The van der Waals surface area contributed by atoms with Gasteiger partial charge in [0.25, 0.3) is 0 Å². The summed E-state index contributed by atoms with van der Waals surface area (Å²) < 4.78 is 9.92. The third-order valence-electron chi connectivity index (χ3n) is 0.0563. The van der Waals surface area contributed by atoms with E-state index < -0.39 is 5.09 Å².